The second-order valence-electron chi connectivity index (χ2n) is 7.72. The Labute approximate surface area is 203 Å². The molecule has 2 aromatic heterocycles. The normalized spacial score (nSPS) is 11.8. The zero-order valence-corrected chi connectivity index (χ0v) is 19.2. The molecule has 0 aliphatic carbocycles. The summed E-state index contributed by atoms with van der Waals surface area (Å²) in [6.07, 6.45) is 2.56. The van der Waals surface area contributed by atoms with Gasteiger partial charge in [0, 0.05) is 6.07 Å². The van der Waals surface area contributed by atoms with Crippen molar-refractivity contribution in [1.82, 2.24) is 20.5 Å². The van der Waals surface area contributed by atoms with Crippen LogP contribution in [0.15, 0.2) is 59.3 Å². The van der Waals surface area contributed by atoms with E-state index in [9.17, 15) is 18.4 Å². The average molecular weight is 500 g/mol. The van der Waals surface area contributed by atoms with Gasteiger partial charge in [-0.05, 0) is 37.5 Å². The van der Waals surface area contributed by atoms with Gasteiger partial charge in [-0.15, -0.1) is 0 Å². The number of hydrogen-bond donors (Lipinski definition) is 3. The smallest absolute Gasteiger partial charge is 0.269 e. The molecule has 1 unspecified atom stereocenters. The molecule has 11 heteroatoms. The van der Waals surface area contributed by atoms with E-state index in [-0.39, 0.29) is 22.1 Å². The first-order valence-corrected chi connectivity index (χ1v) is 11.0. The number of aromatic nitrogens is 3. The summed E-state index contributed by atoms with van der Waals surface area (Å²) >= 11 is 5.84. The van der Waals surface area contributed by atoms with E-state index < -0.39 is 29.5 Å². The van der Waals surface area contributed by atoms with Gasteiger partial charge in [-0.25, -0.2) is 13.8 Å². The van der Waals surface area contributed by atoms with Gasteiger partial charge in [0.05, 0.1) is 22.3 Å². The van der Waals surface area contributed by atoms with Crippen molar-refractivity contribution in [2.24, 2.45) is 0 Å². The molecular formula is C24H20ClF2N5O3. The van der Waals surface area contributed by atoms with E-state index in [1.807, 2.05) is 30.3 Å². The van der Waals surface area contributed by atoms with Crippen LogP contribution in [0.25, 0.3) is 0 Å². The van der Waals surface area contributed by atoms with Gasteiger partial charge in [-0.3, -0.25) is 14.7 Å². The molecule has 2 heterocycles. The summed E-state index contributed by atoms with van der Waals surface area (Å²) in [5.74, 6) is -3.16. The highest BCUT2D eigenvalue weighted by atomic mass is 35.5. The number of aryl methyl sites for hydroxylation is 2. The lowest BCUT2D eigenvalue weighted by molar-refractivity contribution is 0.0923. The molecule has 0 saturated heterocycles. The highest BCUT2D eigenvalue weighted by Crippen LogP contribution is 2.24. The Morgan fingerprint density at radius 3 is 2.57 bits per heavy atom. The van der Waals surface area contributed by atoms with Crippen molar-refractivity contribution in [3.63, 3.8) is 0 Å². The largest absolute Gasteiger partial charge is 0.446 e. The number of H-pyrrole nitrogens is 1. The SMILES string of the molecule is Cc1ncoc1C(CCc1ccccc1)NC(=O)c1cc(NC(=O)c2cc(F)c(F)cc2Cl)n[nH]1. The Balaban J connectivity index is 1.45. The van der Waals surface area contributed by atoms with Crippen LogP contribution in [0.2, 0.25) is 5.02 Å². The van der Waals surface area contributed by atoms with Crippen molar-refractivity contribution >= 4 is 29.2 Å². The van der Waals surface area contributed by atoms with E-state index in [0.29, 0.717) is 36.4 Å². The quantitative estimate of drug-likeness (QED) is 0.295. The van der Waals surface area contributed by atoms with Gasteiger partial charge >= 0.3 is 0 Å². The molecular weight excluding hydrogens is 480 g/mol. The molecule has 0 fully saturated rings. The fourth-order valence-electron chi connectivity index (χ4n) is 3.49. The zero-order valence-electron chi connectivity index (χ0n) is 18.4. The first kappa shape index (κ1) is 24.1. The Kier molecular flexibility index (Phi) is 7.21. The maximum absolute atomic E-state index is 13.5. The van der Waals surface area contributed by atoms with Crippen molar-refractivity contribution in [2.75, 3.05) is 5.32 Å². The molecule has 0 radical (unpaired) electrons. The molecule has 8 nitrogen and oxygen atoms in total. The van der Waals surface area contributed by atoms with Crippen LogP contribution in [0.3, 0.4) is 0 Å². The van der Waals surface area contributed by atoms with Gasteiger partial charge in [0.15, 0.2) is 23.8 Å². The second kappa shape index (κ2) is 10.5. The minimum atomic E-state index is -1.22. The number of benzene rings is 2. The van der Waals surface area contributed by atoms with Crippen LogP contribution in [0, 0.1) is 18.6 Å². The first-order valence-electron chi connectivity index (χ1n) is 10.6. The molecule has 3 N–H and O–H groups in total. The molecule has 0 aliphatic heterocycles. The number of amides is 2. The topological polar surface area (TPSA) is 113 Å². The van der Waals surface area contributed by atoms with Gasteiger partial charge in [-0.2, -0.15) is 5.10 Å². The third-order valence-corrected chi connectivity index (χ3v) is 5.60. The van der Waals surface area contributed by atoms with E-state index in [2.05, 4.69) is 25.8 Å². The molecule has 2 amide bonds. The predicted molar refractivity (Wildman–Crippen MR) is 124 cm³/mol. The molecule has 180 valence electrons. The Morgan fingerprint density at radius 2 is 1.86 bits per heavy atom. The van der Waals surface area contributed by atoms with Crippen LogP contribution >= 0.6 is 11.6 Å². The molecule has 0 aliphatic rings. The summed E-state index contributed by atoms with van der Waals surface area (Å²) in [4.78, 5) is 29.4. The van der Waals surface area contributed by atoms with E-state index in [4.69, 9.17) is 16.0 Å². The van der Waals surface area contributed by atoms with E-state index in [1.54, 1.807) is 6.92 Å². The van der Waals surface area contributed by atoms with Crippen LogP contribution in [0.4, 0.5) is 14.6 Å². The van der Waals surface area contributed by atoms with Crippen LogP contribution in [0.5, 0.6) is 0 Å². The maximum Gasteiger partial charge on any atom is 0.269 e. The third-order valence-electron chi connectivity index (χ3n) is 5.29. The van der Waals surface area contributed by atoms with Crippen molar-refractivity contribution in [3.8, 4) is 0 Å². The van der Waals surface area contributed by atoms with Gasteiger partial charge in [0.25, 0.3) is 11.8 Å². The summed E-state index contributed by atoms with van der Waals surface area (Å²) in [5.41, 5.74) is 1.55. The molecule has 4 aromatic rings. The fraction of sp³-hybridized carbons (Fsp3) is 0.167. The molecule has 0 spiro atoms. The van der Waals surface area contributed by atoms with Crippen molar-refractivity contribution in [2.45, 2.75) is 25.8 Å². The predicted octanol–water partition coefficient (Wildman–Crippen LogP) is 4.99. The number of carbonyl (C=O) groups is 2. The fourth-order valence-corrected chi connectivity index (χ4v) is 3.72. The lowest BCUT2D eigenvalue weighted by Gasteiger charge is -2.16. The van der Waals surface area contributed by atoms with Crippen molar-refractivity contribution in [1.29, 1.82) is 0 Å². The van der Waals surface area contributed by atoms with Gasteiger partial charge in [0.1, 0.15) is 11.5 Å². The summed E-state index contributed by atoms with van der Waals surface area (Å²) in [6, 6.07) is 12.0. The Bertz CT molecular complexity index is 1360. The minimum Gasteiger partial charge on any atom is -0.446 e. The number of rotatable bonds is 8. The number of anilines is 1. The number of nitrogens with zero attached hydrogens (tertiary/aromatic N) is 2. The Hall–Kier alpha value is -4.05. The average Bonchev–Trinajstić information content (AvgIpc) is 3.48. The number of nitrogens with one attached hydrogen (secondary N) is 3. The monoisotopic (exact) mass is 499 g/mol. The van der Waals surface area contributed by atoms with Crippen molar-refractivity contribution < 1.29 is 22.8 Å². The molecule has 1 atom stereocenters. The van der Waals surface area contributed by atoms with Gasteiger partial charge in [-0.1, -0.05) is 41.9 Å². The van der Waals surface area contributed by atoms with Gasteiger partial charge in [0.2, 0.25) is 0 Å². The van der Waals surface area contributed by atoms with Crippen LogP contribution in [-0.4, -0.2) is 27.0 Å². The highest BCUT2D eigenvalue weighted by molar-refractivity contribution is 6.34. The highest BCUT2D eigenvalue weighted by Gasteiger charge is 2.23. The van der Waals surface area contributed by atoms with E-state index in [1.165, 1.54) is 12.5 Å². The molecule has 35 heavy (non-hydrogen) atoms. The van der Waals surface area contributed by atoms with Crippen LogP contribution < -0.4 is 10.6 Å². The minimum absolute atomic E-state index is 0.00219. The summed E-state index contributed by atoms with van der Waals surface area (Å²) in [5, 5.41) is 11.5. The summed E-state index contributed by atoms with van der Waals surface area (Å²) in [7, 11) is 0. The number of oxazole rings is 1. The number of hydrogen-bond acceptors (Lipinski definition) is 5. The standard InChI is InChI=1S/C24H20ClF2N5O3/c1-13-22(35-12-28-13)19(8-7-14-5-3-2-4-6-14)29-24(34)20-11-21(32-31-20)30-23(33)15-9-17(26)18(27)10-16(15)25/h2-6,9-12,19H,7-8H2,1H3,(H,29,34)(H2,30,31,32,33). The van der Waals surface area contributed by atoms with Crippen LogP contribution in [0.1, 0.15) is 50.3 Å². The number of carbonyl (C=O) groups excluding carboxylic acids is 2. The zero-order chi connectivity index (χ0) is 24.9. The van der Waals surface area contributed by atoms with Crippen LogP contribution in [-0.2, 0) is 6.42 Å². The van der Waals surface area contributed by atoms with E-state index in [0.717, 1.165) is 5.56 Å². The van der Waals surface area contributed by atoms with Gasteiger partial charge < -0.3 is 15.1 Å². The first-order chi connectivity index (χ1) is 16.8. The summed E-state index contributed by atoms with van der Waals surface area (Å²) < 4.78 is 32.3. The molecule has 0 bridgehead atoms. The lowest BCUT2D eigenvalue weighted by Crippen LogP contribution is -2.29. The molecule has 0 saturated carbocycles. The number of halogens is 3. The molecule has 2 aromatic carbocycles. The number of aromatic amines is 1. The summed E-state index contributed by atoms with van der Waals surface area (Å²) in [6.45, 7) is 1.79. The maximum atomic E-state index is 13.5. The molecule has 4 rings (SSSR count). The van der Waals surface area contributed by atoms with Crippen molar-refractivity contribution in [3.05, 3.63) is 99.9 Å². The third kappa shape index (κ3) is 5.72. The lowest BCUT2D eigenvalue weighted by atomic mass is 10.0. The second-order valence-corrected chi connectivity index (χ2v) is 8.13. The Morgan fingerprint density at radius 1 is 1.11 bits per heavy atom. The van der Waals surface area contributed by atoms with E-state index >= 15 is 0 Å².